The fraction of sp³-hybridized carbons (Fsp3) is 0.591. The molecule has 0 radical (unpaired) electrons. The molecule has 1 N–H and O–H groups in total. The van der Waals surface area contributed by atoms with Gasteiger partial charge >= 0.3 is 12.1 Å². The van der Waals surface area contributed by atoms with Gasteiger partial charge in [0, 0.05) is 26.2 Å². The molecule has 10 nitrogen and oxygen atoms in total. The highest BCUT2D eigenvalue weighted by atomic mass is 32.2. The van der Waals surface area contributed by atoms with E-state index in [1.54, 1.807) is 4.90 Å². The molecule has 182 valence electrons. The smallest absolute Gasteiger partial charge is 0.410 e. The third-order valence-corrected chi connectivity index (χ3v) is 7.31. The number of rotatable bonds is 5. The van der Waals surface area contributed by atoms with Gasteiger partial charge < -0.3 is 19.7 Å². The van der Waals surface area contributed by atoms with Crippen molar-refractivity contribution < 1.29 is 32.3 Å². The minimum Gasteiger partial charge on any atom is -0.462 e. The van der Waals surface area contributed by atoms with Gasteiger partial charge in [-0.15, -0.1) is 0 Å². The summed E-state index contributed by atoms with van der Waals surface area (Å²) in [6, 6.07) is 5.50. The van der Waals surface area contributed by atoms with Crippen molar-refractivity contribution in [1.82, 2.24) is 14.5 Å². The zero-order chi connectivity index (χ0) is 24.2. The Morgan fingerprint density at radius 3 is 2.30 bits per heavy atom. The Labute approximate surface area is 194 Å². The quantitative estimate of drug-likeness (QED) is 0.634. The van der Waals surface area contributed by atoms with Crippen LogP contribution in [0.4, 0.5) is 4.79 Å². The summed E-state index contributed by atoms with van der Waals surface area (Å²) in [6.07, 6.45) is 1.07. The number of likely N-dealkylation sites (tertiary alicyclic amines) is 1. The van der Waals surface area contributed by atoms with E-state index in [1.807, 2.05) is 20.8 Å². The number of amides is 2. The molecule has 2 saturated heterocycles. The number of nitrogens with zero attached hydrogens (tertiary/aromatic N) is 2. The topological polar surface area (TPSA) is 122 Å². The van der Waals surface area contributed by atoms with E-state index in [-0.39, 0.29) is 54.6 Å². The minimum absolute atomic E-state index is 0.0169. The number of nitrogens with one attached hydrogen (secondary N) is 1. The first-order valence-corrected chi connectivity index (χ1v) is 12.4. The van der Waals surface area contributed by atoms with E-state index >= 15 is 0 Å². The van der Waals surface area contributed by atoms with Crippen molar-refractivity contribution >= 4 is 28.0 Å². The summed E-state index contributed by atoms with van der Waals surface area (Å²) in [6.45, 7) is 7.02. The predicted octanol–water partition coefficient (Wildman–Crippen LogP) is 1.61. The molecule has 2 aliphatic heterocycles. The van der Waals surface area contributed by atoms with Crippen LogP contribution in [0.25, 0.3) is 0 Å². The van der Waals surface area contributed by atoms with Gasteiger partial charge in [0.1, 0.15) is 5.60 Å². The number of piperazine rings is 1. The molecule has 0 atom stereocenters. The molecule has 2 aliphatic rings. The predicted molar refractivity (Wildman–Crippen MR) is 119 cm³/mol. The number of piperidine rings is 1. The van der Waals surface area contributed by atoms with Crippen molar-refractivity contribution in [2.24, 2.45) is 5.92 Å². The lowest BCUT2D eigenvalue weighted by Crippen LogP contribution is -2.49. The summed E-state index contributed by atoms with van der Waals surface area (Å²) in [5.41, 5.74) is -0.294. The van der Waals surface area contributed by atoms with E-state index in [0.29, 0.717) is 25.9 Å². The zero-order valence-corrected chi connectivity index (χ0v) is 20.0. The fourth-order valence-corrected chi connectivity index (χ4v) is 5.01. The molecule has 0 aliphatic carbocycles. The molecule has 0 aromatic heterocycles. The summed E-state index contributed by atoms with van der Waals surface area (Å²) >= 11 is 0. The van der Waals surface area contributed by atoms with Crippen molar-refractivity contribution in [3.63, 3.8) is 0 Å². The molecule has 0 unspecified atom stereocenters. The molecule has 33 heavy (non-hydrogen) atoms. The lowest BCUT2D eigenvalue weighted by molar-refractivity contribution is -0.122. The van der Waals surface area contributed by atoms with Crippen LogP contribution in [0.1, 0.15) is 44.0 Å². The van der Waals surface area contributed by atoms with Crippen LogP contribution < -0.4 is 5.32 Å². The first-order valence-electron chi connectivity index (χ1n) is 11.0. The van der Waals surface area contributed by atoms with Gasteiger partial charge in [-0.25, -0.2) is 18.0 Å². The van der Waals surface area contributed by atoms with Gasteiger partial charge in [-0.2, -0.15) is 4.31 Å². The largest absolute Gasteiger partial charge is 0.462 e. The van der Waals surface area contributed by atoms with Crippen LogP contribution in [0.2, 0.25) is 0 Å². The number of sulfonamides is 1. The number of ether oxygens (including phenoxy) is 2. The highest BCUT2D eigenvalue weighted by molar-refractivity contribution is 7.89. The Kier molecular flexibility index (Phi) is 7.63. The third-order valence-electron chi connectivity index (χ3n) is 5.45. The Balaban J connectivity index is 1.49. The Morgan fingerprint density at radius 1 is 1.09 bits per heavy atom. The van der Waals surface area contributed by atoms with Crippen LogP contribution >= 0.6 is 0 Å². The summed E-state index contributed by atoms with van der Waals surface area (Å²) in [5.74, 6) is -0.745. The van der Waals surface area contributed by atoms with E-state index < -0.39 is 21.6 Å². The Bertz CT molecular complexity index is 978. The number of hydrogen-bond donors (Lipinski definition) is 1. The van der Waals surface area contributed by atoms with Crippen LogP contribution in [0.3, 0.4) is 0 Å². The van der Waals surface area contributed by atoms with Gasteiger partial charge in [0.25, 0.3) is 0 Å². The molecule has 0 saturated carbocycles. The van der Waals surface area contributed by atoms with Crippen molar-refractivity contribution in [1.29, 1.82) is 0 Å². The molecule has 2 amide bonds. The van der Waals surface area contributed by atoms with Crippen molar-refractivity contribution in [2.45, 2.75) is 44.1 Å². The maximum absolute atomic E-state index is 12.7. The average molecular weight is 482 g/mol. The highest BCUT2D eigenvalue weighted by Crippen LogP contribution is 2.21. The van der Waals surface area contributed by atoms with Crippen LogP contribution in [-0.2, 0) is 24.3 Å². The summed E-state index contributed by atoms with van der Waals surface area (Å²) in [4.78, 5) is 37.7. The van der Waals surface area contributed by atoms with Crippen molar-refractivity contribution in [3.8, 4) is 0 Å². The number of carbonyl (C=O) groups is 3. The van der Waals surface area contributed by atoms with E-state index in [9.17, 15) is 22.8 Å². The molecular weight excluding hydrogens is 450 g/mol. The van der Waals surface area contributed by atoms with Crippen LogP contribution in [0.5, 0.6) is 0 Å². The molecule has 0 spiro atoms. The summed E-state index contributed by atoms with van der Waals surface area (Å²) in [5, 5.41) is 2.59. The van der Waals surface area contributed by atoms with Crippen molar-refractivity contribution in [3.05, 3.63) is 29.8 Å². The second-order valence-electron chi connectivity index (χ2n) is 9.22. The van der Waals surface area contributed by atoms with Gasteiger partial charge in [-0.3, -0.25) is 4.79 Å². The maximum Gasteiger partial charge on any atom is 0.410 e. The lowest BCUT2D eigenvalue weighted by atomic mass is 9.98. The van der Waals surface area contributed by atoms with Gasteiger partial charge in [-0.05, 0) is 63.8 Å². The van der Waals surface area contributed by atoms with Crippen LogP contribution in [0, 0.1) is 5.92 Å². The minimum atomic E-state index is -3.81. The fourth-order valence-electron chi connectivity index (χ4n) is 3.62. The molecule has 2 fully saturated rings. The lowest BCUT2D eigenvalue weighted by Gasteiger charge is -2.33. The normalized spacial score (nSPS) is 18.5. The molecule has 0 bridgehead atoms. The monoisotopic (exact) mass is 481 g/mol. The molecule has 1 aromatic carbocycles. The molecule has 3 rings (SSSR count). The zero-order valence-electron chi connectivity index (χ0n) is 19.2. The summed E-state index contributed by atoms with van der Waals surface area (Å²) in [7, 11) is -3.81. The molecular formula is C22H31N3O7S. The van der Waals surface area contributed by atoms with Crippen molar-refractivity contribution in [2.75, 3.05) is 39.3 Å². The SMILES string of the molecule is CC(C)(C)OC(=O)N1CCC(COC(=O)c2ccc(S(=O)(=O)N3CCNC(=O)C3)cc2)CC1. The highest BCUT2D eigenvalue weighted by Gasteiger charge is 2.30. The molecule has 2 heterocycles. The molecule has 1 aromatic rings. The third kappa shape index (κ3) is 6.67. The second kappa shape index (κ2) is 10.1. The number of carbonyl (C=O) groups excluding carboxylic acids is 3. The van der Waals surface area contributed by atoms with Gasteiger partial charge in [0.2, 0.25) is 15.9 Å². The van der Waals surface area contributed by atoms with Gasteiger partial charge in [0.05, 0.1) is 23.6 Å². The first kappa shape index (κ1) is 25.0. The first-order chi connectivity index (χ1) is 15.5. The molecule has 11 heteroatoms. The van der Waals surface area contributed by atoms with E-state index in [0.717, 1.165) is 4.31 Å². The standard InChI is InChI=1S/C22H31N3O7S/c1-22(2,3)32-21(28)24-11-8-16(9-12-24)15-31-20(27)17-4-6-18(7-5-17)33(29,30)25-13-10-23-19(26)14-25/h4-7,16H,8-15H2,1-3H3,(H,23,26). The van der Waals surface area contributed by atoms with E-state index in [1.165, 1.54) is 24.3 Å². The van der Waals surface area contributed by atoms with Gasteiger partial charge in [-0.1, -0.05) is 0 Å². The van der Waals surface area contributed by atoms with E-state index in [2.05, 4.69) is 5.32 Å². The number of hydrogen-bond acceptors (Lipinski definition) is 7. The van der Waals surface area contributed by atoms with Crippen LogP contribution in [0.15, 0.2) is 29.2 Å². The number of esters is 1. The number of benzene rings is 1. The Hall–Kier alpha value is -2.66. The van der Waals surface area contributed by atoms with E-state index in [4.69, 9.17) is 9.47 Å². The second-order valence-corrected chi connectivity index (χ2v) is 11.2. The maximum atomic E-state index is 12.7. The van der Waals surface area contributed by atoms with Gasteiger partial charge in [0.15, 0.2) is 0 Å². The average Bonchev–Trinajstić information content (AvgIpc) is 2.76. The Morgan fingerprint density at radius 2 is 1.73 bits per heavy atom. The summed E-state index contributed by atoms with van der Waals surface area (Å²) < 4.78 is 37.3. The van der Waals surface area contributed by atoms with Crippen LogP contribution in [-0.4, -0.2) is 80.5 Å².